The molecule has 0 aliphatic heterocycles. The normalized spacial score (nSPS) is 10.2. The van der Waals surface area contributed by atoms with E-state index in [9.17, 15) is 9.90 Å². The number of carboxylic acids is 1. The Balaban J connectivity index is 0.00000400. The first-order valence-electron chi connectivity index (χ1n) is 7.97. The smallest absolute Gasteiger partial charge is 0.550 e. The average Bonchev–Trinajstić information content (AvgIpc) is 2.38. The van der Waals surface area contributed by atoms with Crippen molar-refractivity contribution in [2.24, 2.45) is 0 Å². The molecule has 0 heterocycles. The number of carbonyl (C=O) groups is 1. The van der Waals surface area contributed by atoms with Gasteiger partial charge < -0.3 is 9.90 Å². The Morgan fingerprint density at radius 3 is 1.67 bits per heavy atom. The molecule has 0 N–H and O–H groups in total. The third kappa shape index (κ3) is 9.34. The molecule has 0 unspecified atom stereocenters. The Hall–Kier alpha value is -0.310. The molecule has 0 saturated heterocycles. The summed E-state index contributed by atoms with van der Waals surface area (Å²) in [6.07, 6.45) is 9.38. The van der Waals surface area contributed by atoms with Crippen molar-refractivity contribution in [2.45, 2.75) is 71.6 Å². The molecule has 2 nitrogen and oxygen atoms in total. The second-order valence-corrected chi connectivity index (χ2v) is 5.62. The molecule has 1 rings (SSSR count). The van der Waals surface area contributed by atoms with Gasteiger partial charge in [-0.1, -0.05) is 57.7 Å². The van der Waals surface area contributed by atoms with Gasteiger partial charge in [-0.25, -0.2) is 0 Å². The largest absolute Gasteiger partial charge is 1.00 e. The van der Waals surface area contributed by atoms with E-state index in [0.717, 1.165) is 18.4 Å². The van der Waals surface area contributed by atoms with Gasteiger partial charge in [-0.15, -0.1) is 0 Å². The molecule has 0 radical (unpaired) electrons. The summed E-state index contributed by atoms with van der Waals surface area (Å²) in [7, 11) is 0. The molecule has 3 heteroatoms. The van der Waals surface area contributed by atoms with Crippen LogP contribution in [0.4, 0.5) is 0 Å². The van der Waals surface area contributed by atoms with Crippen LogP contribution in [0.3, 0.4) is 0 Å². The summed E-state index contributed by atoms with van der Waals surface area (Å²) in [5, 5.41) is 10.8. The molecule has 0 spiro atoms. The minimum atomic E-state index is -0.991. The first-order valence-corrected chi connectivity index (χ1v) is 7.97. The van der Waals surface area contributed by atoms with Gasteiger partial charge in [-0.05, 0) is 42.4 Å². The summed E-state index contributed by atoms with van der Waals surface area (Å²) < 4.78 is 0. The van der Waals surface area contributed by atoms with Crippen LogP contribution in [0.25, 0.3) is 0 Å². The van der Waals surface area contributed by atoms with Crippen LogP contribution in [0, 0.1) is 0 Å². The minimum Gasteiger partial charge on any atom is -0.550 e. The van der Waals surface area contributed by atoms with Crippen LogP contribution in [0.5, 0.6) is 0 Å². The van der Waals surface area contributed by atoms with Crippen LogP contribution in [0.2, 0.25) is 0 Å². The van der Waals surface area contributed by atoms with Crippen molar-refractivity contribution in [1.82, 2.24) is 0 Å². The molecule has 112 valence electrons. The summed E-state index contributed by atoms with van der Waals surface area (Å²) in [5.41, 5.74) is 3.46. The molecular weight excluding hydrogens is 271 g/mol. The molecule has 0 saturated carbocycles. The molecule has 0 fully saturated rings. The number of hydrogen-bond donors (Lipinski definition) is 0. The molecule has 0 bridgehead atoms. The average molecular weight is 298 g/mol. The van der Waals surface area contributed by atoms with E-state index < -0.39 is 5.97 Å². The fourth-order valence-electron chi connectivity index (χ4n) is 2.56. The Labute approximate surface area is 151 Å². The number of rotatable bonds is 10. The minimum absolute atomic E-state index is 0. The van der Waals surface area contributed by atoms with Crippen molar-refractivity contribution in [3.8, 4) is 0 Å². The summed E-state index contributed by atoms with van der Waals surface area (Å²) in [6.45, 7) is 4.39. The zero-order valence-electron chi connectivity index (χ0n) is 13.9. The Morgan fingerprint density at radius 2 is 1.29 bits per heavy atom. The van der Waals surface area contributed by atoms with Gasteiger partial charge in [0, 0.05) is 12.4 Å². The second-order valence-electron chi connectivity index (χ2n) is 5.62. The van der Waals surface area contributed by atoms with E-state index in [2.05, 4.69) is 19.9 Å². The van der Waals surface area contributed by atoms with Gasteiger partial charge in [0.2, 0.25) is 0 Å². The van der Waals surface area contributed by atoms with Crippen LogP contribution in [0.15, 0.2) is 18.2 Å². The Kier molecular flexibility index (Phi) is 12.1. The molecule has 1 aromatic rings. The Bertz CT molecular complexity index is 387. The third-order valence-electron chi connectivity index (χ3n) is 3.60. The van der Waals surface area contributed by atoms with Crippen LogP contribution >= 0.6 is 0 Å². The fraction of sp³-hybridized carbons (Fsp3) is 0.611. The quantitative estimate of drug-likeness (QED) is 0.465. The van der Waals surface area contributed by atoms with Crippen LogP contribution in [-0.4, -0.2) is 5.97 Å². The van der Waals surface area contributed by atoms with Crippen molar-refractivity contribution >= 4 is 5.97 Å². The number of aryl methyl sites for hydroxylation is 2. The molecule has 0 amide bonds. The molecular formula is C18H27NaO2. The van der Waals surface area contributed by atoms with Crippen molar-refractivity contribution in [1.29, 1.82) is 0 Å². The standard InChI is InChI=1S/C18H28O2.Na/c1-3-5-7-9-15-11-16(10-8-6-4-2)13-17(12-15)14-18(19)20;/h11-13H,3-10,14H2,1-2H3,(H,19,20);/q;+1/p-1. The van der Waals surface area contributed by atoms with E-state index in [0.29, 0.717) is 0 Å². The van der Waals surface area contributed by atoms with Gasteiger partial charge in [0.25, 0.3) is 0 Å². The van der Waals surface area contributed by atoms with E-state index in [-0.39, 0.29) is 36.0 Å². The Morgan fingerprint density at radius 1 is 0.857 bits per heavy atom. The second kappa shape index (κ2) is 12.3. The molecule has 0 aromatic heterocycles. The number of hydrogen-bond acceptors (Lipinski definition) is 2. The number of carbonyl (C=O) groups excluding carboxylic acids is 1. The van der Waals surface area contributed by atoms with Gasteiger partial charge in [0.05, 0.1) is 0 Å². The maximum atomic E-state index is 10.8. The van der Waals surface area contributed by atoms with E-state index >= 15 is 0 Å². The summed E-state index contributed by atoms with van der Waals surface area (Å²) >= 11 is 0. The van der Waals surface area contributed by atoms with Gasteiger partial charge >= 0.3 is 29.6 Å². The molecule has 1 aromatic carbocycles. The molecule has 0 aliphatic rings. The fourth-order valence-corrected chi connectivity index (χ4v) is 2.56. The van der Waals surface area contributed by atoms with Gasteiger partial charge in [-0.3, -0.25) is 0 Å². The van der Waals surface area contributed by atoms with Crippen LogP contribution < -0.4 is 34.7 Å². The summed E-state index contributed by atoms with van der Waals surface area (Å²) in [5.74, 6) is -0.991. The zero-order chi connectivity index (χ0) is 14.8. The maximum absolute atomic E-state index is 10.8. The molecule has 21 heavy (non-hydrogen) atoms. The number of benzene rings is 1. The van der Waals surface area contributed by atoms with Crippen molar-refractivity contribution in [3.63, 3.8) is 0 Å². The topological polar surface area (TPSA) is 40.1 Å². The van der Waals surface area contributed by atoms with E-state index in [1.807, 2.05) is 12.1 Å². The molecule has 0 aliphatic carbocycles. The maximum Gasteiger partial charge on any atom is 1.00 e. The van der Waals surface area contributed by atoms with Gasteiger partial charge in [-0.2, -0.15) is 0 Å². The predicted molar refractivity (Wildman–Crippen MR) is 81.6 cm³/mol. The monoisotopic (exact) mass is 298 g/mol. The summed E-state index contributed by atoms with van der Waals surface area (Å²) in [6, 6.07) is 6.33. The third-order valence-corrected chi connectivity index (χ3v) is 3.60. The summed E-state index contributed by atoms with van der Waals surface area (Å²) in [4.78, 5) is 10.8. The first kappa shape index (κ1) is 20.7. The van der Waals surface area contributed by atoms with Gasteiger partial charge in [0.15, 0.2) is 0 Å². The SMILES string of the molecule is CCCCCc1cc(CCCCC)cc(CC(=O)[O-])c1.[Na+]. The van der Waals surface area contributed by atoms with E-state index in [1.54, 1.807) is 0 Å². The van der Waals surface area contributed by atoms with E-state index in [4.69, 9.17) is 0 Å². The number of unbranched alkanes of at least 4 members (excludes halogenated alkanes) is 4. The van der Waals surface area contributed by atoms with Crippen molar-refractivity contribution in [2.75, 3.05) is 0 Å². The van der Waals surface area contributed by atoms with Crippen molar-refractivity contribution < 1.29 is 39.5 Å². The number of aliphatic carboxylic acids is 1. The van der Waals surface area contributed by atoms with E-state index in [1.165, 1.54) is 49.7 Å². The van der Waals surface area contributed by atoms with Crippen LogP contribution in [0.1, 0.15) is 69.1 Å². The number of carboxylic acid groups (broad SMARTS) is 1. The molecule has 0 atom stereocenters. The van der Waals surface area contributed by atoms with Crippen LogP contribution in [-0.2, 0) is 24.1 Å². The van der Waals surface area contributed by atoms with Gasteiger partial charge in [0.1, 0.15) is 0 Å². The first-order chi connectivity index (χ1) is 9.65. The van der Waals surface area contributed by atoms with Crippen molar-refractivity contribution in [3.05, 3.63) is 34.9 Å². The predicted octanol–water partition coefficient (Wildman–Crippen LogP) is 0.448. The zero-order valence-corrected chi connectivity index (χ0v) is 15.9.